The maximum atomic E-state index is 11.3. The minimum atomic E-state index is -0.262. The lowest BCUT2D eigenvalue weighted by molar-refractivity contribution is 0.0606. The van der Waals surface area contributed by atoms with E-state index < -0.39 is 0 Å². The number of carbonyl (C=O) groups excluding carboxylic acids is 1. The van der Waals surface area contributed by atoms with E-state index in [-0.39, 0.29) is 5.97 Å². The van der Waals surface area contributed by atoms with Gasteiger partial charge in [0.05, 0.1) is 11.3 Å². The lowest BCUT2D eigenvalue weighted by Crippen LogP contribution is -1.96. The normalized spacial score (nSPS) is 10.2. The van der Waals surface area contributed by atoms with Gasteiger partial charge in [-0.2, -0.15) is 0 Å². The van der Waals surface area contributed by atoms with Crippen LogP contribution < -0.4 is 0 Å². The summed E-state index contributed by atoms with van der Waals surface area (Å²) in [6.07, 6.45) is 0. The number of methoxy groups -OCH3 is 1. The van der Waals surface area contributed by atoms with Crippen molar-refractivity contribution in [2.24, 2.45) is 0 Å². The van der Waals surface area contributed by atoms with Gasteiger partial charge in [0.2, 0.25) is 0 Å². The number of carbonyl (C=O) groups is 1. The fourth-order valence-electron chi connectivity index (χ4n) is 1.34. The molecule has 0 saturated heterocycles. The third kappa shape index (κ3) is 3.35. The maximum Gasteiger partial charge on any atom is 0.348 e. The van der Waals surface area contributed by atoms with Gasteiger partial charge < -0.3 is 4.74 Å². The van der Waals surface area contributed by atoms with Gasteiger partial charge in [-0.05, 0) is 17.7 Å². The minimum absolute atomic E-state index is 0.262. The van der Waals surface area contributed by atoms with Crippen LogP contribution in [0, 0.1) is 0 Å². The number of rotatable bonds is 4. The first-order chi connectivity index (χ1) is 8.29. The Kier molecular flexibility index (Phi) is 4.23. The van der Waals surface area contributed by atoms with Gasteiger partial charge in [-0.25, -0.2) is 4.79 Å². The average molecular weight is 264 g/mol. The van der Waals surface area contributed by atoms with Gasteiger partial charge in [-0.15, -0.1) is 23.1 Å². The first-order valence-electron chi connectivity index (χ1n) is 5.14. The van der Waals surface area contributed by atoms with Crippen LogP contribution in [0.15, 0.2) is 46.7 Å². The SMILES string of the molecule is COC(=O)c1ccc(SCc2ccccc2)s1. The zero-order valence-corrected chi connectivity index (χ0v) is 11.0. The molecule has 2 nitrogen and oxygen atoms in total. The molecule has 0 fully saturated rings. The van der Waals surface area contributed by atoms with Crippen molar-refractivity contribution in [3.8, 4) is 0 Å². The molecule has 88 valence electrons. The van der Waals surface area contributed by atoms with Gasteiger partial charge in [0.15, 0.2) is 0 Å². The van der Waals surface area contributed by atoms with Crippen molar-refractivity contribution in [2.45, 2.75) is 9.96 Å². The fourth-order valence-corrected chi connectivity index (χ4v) is 3.34. The molecule has 0 atom stereocenters. The molecule has 4 heteroatoms. The quantitative estimate of drug-likeness (QED) is 0.620. The molecule has 2 rings (SSSR count). The summed E-state index contributed by atoms with van der Waals surface area (Å²) in [7, 11) is 1.40. The Morgan fingerprint density at radius 3 is 2.71 bits per heavy atom. The van der Waals surface area contributed by atoms with Crippen LogP contribution in [-0.2, 0) is 10.5 Å². The van der Waals surface area contributed by atoms with Gasteiger partial charge in [0, 0.05) is 5.75 Å². The maximum absolute atomic E-state index is 11.3. The third-order valence-corrected chi connectivity index (χ3v) is 4.55. The summed E-state index contributed by atoms with van der Waals surface area (Å²) in [5, 5.41) is 0. The summed E-state index contributed by atoms with van der Waals surface area (Å²) in [4.78, 5) is 11.9. The lowest BCUT2D eigenvalue weighted by atomic mass is 10.2. The molecule has 0 saturated carbocycles. The van der Waals surface area contributed by atoms with E-state index in [1.165, 1.54) is 24.0 Å². The predicted molar refractivity (Wildman–Crippen MR) is 71.7 cm³/mol. The van der Waals surface area contributed by atoms with Gasteiger partial charge in [-0.3, -0.25) is 0 Å². The van der Waals surface area contributed by atoms with Crippen molar-refractivity contribution in [3.05, 3.63) is 52.9 Å². The van der Waals surface area contributed by atoms with Crippen molar-refractivity contribution in [2.75, 3.05) is 7.11 Å². The summed E-state index contributed by atoms with van der Waals surface area (Å²) in [5.41, 5.74) is 1.28. The third-order valence-electron chi connectivity index (χ3n) is 2.19. The van der Waals surface area contributed by atoms with Crippen LogP contribution in [0.3, 0.4) is 0 Å². The van der Waals surface area contributed by atoms with Crippen LogP contribution in [0.2, 0.25) is 0 Å². The molecule has 2 aromatic rings. The van der Waals surface area contributed by atoms with Crippen molar-refractivity contribution in [3.63, 3.8) is 0 Å². The first kappa shape index (κ1) is 12.2. The van der Waals surface area contributed by atoms with Crippen molar-refractivity contribution in [1.82, 2.24) is 0 Å². The Bertz CT molecular complexity index is 491. The zero-order valence-electron chi connectivity index (χ0n) is 9.38. The number of benzene rings is 1. The molecule has 0 aliphatic rings. The summed E-state index contributed by atoms with van der Waals surface area (Å²) < 4.78 is 5.81. The monoisotopic (exact) mass is 264 g/mol. The van der Waals surface area contributed by atoms with E-state index in [1.807, 2.05) is 30.3 Å². The van der Waals surface area contributed by atoms with E-state index in [1.54, 1.807) is 11.8 Å². The van der Waals surface area contributed by atoms with Crippen LogP contribution in [-0.4, -0.2) is 13.1 Å². The van der Waals surface area contributed by atoms with Gasteiger partial charge in [-0.1, -0.05) is 30.3 Å². The number of hydrogen-bond acceptors (Lipinski definition) is 4. The van der Waals surface area contributed by atoms with E-state index >= 15 is 0 Å². The largest absolute Gasteiger partial charge is 0.465 e. The van der Waals surface area contributed by atoms with Crippen LogP contribution in [0.1, 0.15) is 15.2 Å². The standard InChI is InChI=1S/C13H12O2S2/c1-15-13(14)11-7-8-12(17-11)16-9-10-5-3-2-4-6-10/h2-8H,9H2,1H3. The number of hydrogen-bond donors (Lipinski definition) is 0. The van der Waals surface area contributed by atoms with Gasteiger partial charge in [0.1, 0.15) is 4.88 Å². The zero-order chi connectivity index (χ0) is 12.1. The molecule has 0 N–H and O–H groups in total. The number of thiophene rings is 1. The highest BCUT2D eigenvalue weighted by molar-refractivity contribution is 8.00. The molecule has 1 aromatic carbocycles. The smallest absolute Gasteiger partial charge is 0.348 e. The van der Waals surface area contributed by atoms with Gasteiger partial charge >= 0.3 is 5.97 Å². The second kappa shape index (κ2) is 5.89. The topological polar surface area (TPSA) is 26.3 Å². The van der Waals surface area contributed by atoms with E-state index in [0.29, 0.717) is 4.88 Å². The van der Waals surface area contributed by atoms with Gasteiger partial charge in [0.25, 0.3) is 0 Å². The molecule has 0 unspecified atom stereocenters. The van der Waals surface area contributed by atoms with Crippen LogP contribution >= 0.6 is 23.1 Å². The lowest BCUT2D eigenvalue weighted by Gasteiger charge is -1.98. The Balaban J connectivity index is 1.96. The molecule has 17 heavy (non-hydrogen) atoms. The predicted octanol–water partition coefficient (Wildman–Crippen LogP) is 3.83. The molecule has 1 aromatic heterocycles. The summed E-state index contributed by atoms with van der Waals surface area (Å²) in [5.74, 6) is 0.656. The van der Waals surface area contributed by atoms with E-state index in [0.717, 1.165) is 9.96 Å². The van der Waals surface area contributed by atoms with Crippen molar-refractivity contribution >= 4 is 29.1 Å². The molecule has 0 aliphatic heterocycles. The number of thioether (sulfide) groups is 1. The van der Waals surface area contributed by atoms with Crippen molar-refractivity contribution < 1.29 is 9.53 Å². The first-order valence-corrected chi connectivity index (χ1v) is 6.94. The molecule has 0 spiro atoms. The van der Waals surface area contributed by atoms with Crippen LogP contribution in [0.5, 0.6) is 0 Å². The molecule has 0 bridgehead atoms. The van der Waals surface area contributed by atoms with Crippen LogP contribution in [0.4, 0.5) is 0 Å². The second-order valence-corrected chi connectivity index (χ2v) is 5.74. The molecule has 0 amide bonds. The highest BCUT2D eigenvalue weighted by atomic mass is 32.2. The van der Waals surface area contributed by atoms with E-state index in [4.69, 9.17) is 0 Å². The minimum Gasteiger partial charge on any atom is -0.465 e. The number of ether oxygens (including phenoxy) is 1. The summed E-state index contributed by atoms with van der Waals surface area (Å²) >= 11 is 3.21. The Morgan fingerprint density at radius 2 is 2.00 bits per heavy atom. The average Bonchev–Trinajstić information content (AvgIpc) is 2.85. The Morgan fingerprint density at radius 1 is 1.24 bits per heavy atom. The number of esters is 1. The Hall–Kier alpha value is -1.26. The second-order valence-electron chi connectivity index (χ2n) is 3.38. The molecular formula is C13H12O2S2. The highest BCUT2D eigenvalue weighted by Gasteiger charge is 2.09. The molecular weight excluding hydrogens is 252 g/mol. The van der Waals surface area contributed by atoms with E-state index in [2.05, 4.69) is 16.9 Å². The molecule has 0 aliphatic carbocycles. The van der Waals surface area contributed by atoms with E-state index in [9.17, 15) is 4.79 Å². The highest BCUT2D eigenvalue weighted by Crippen LogP contribution is 2.30. The molecule has 1 heterocycles. The Labute approximate surface area is 109 Å². The molecule has 0 radical (unpaired) electrons. The van der Waals surface area contributed by atoms with Crippen molar-refractivity contribution in [1.29, 1.82) is 0 Å². The summed E-state index contributed by atoms with van der Waals surface area (Å²) in [6.45, 7) is 0. The van der Waals surface area contributed by atoms with Crippen LogP contribution in [0.25, 0.3) is 0 Å². The fraction of sp³-hybridized carbons (Fsp3) is 0.154. The summed E-state index contributed by atoms with van der Waals surface area (Å²) in [6, 6.07) is 14.0.